The largest absolute Gasteiger partial charge is 0.417 e. The number of pyridine rings is 2. The monoisotopic (exact) mass is 390 g/mol. The molecule has 1 unspecified atom stereocenters. The van der Waals surface area contributed by atoms with Crippen LogP contribution in [0, 0.1) is 18.8 Å². The number of hydrogen-bond donors (Lipinski definition) is 1. The minimum Gasteiger partial charge on any atom is -0.349 e. The molecular formula is C19H17F3N4O2. The molecule has 9 heteroatoms. The molecule has 2 aromatic rings. The van der Waals surface area contributed by atoms with E-state index in [0.29, 0.717) is 18.7 Å². The minimum atomic E-state index is -4.62. The summed E-state index contributed by atoms with van der Waals surface area (Å²) in [6, 6.07) is 2.23. The van der Waals surface area contributed by atoms with Gasteiger partial charge in [0.25, 0.3) is 11.8 Å². The smallest absolute Gasteiger partial charge is 0.349 e. The SMILES string of the molecule is Cc1cnccc1C(=O)N1C[C@@H]2C(NC(=O)c3cnccc3C(F)(F)F)[C@@H]2C1. The number of rotatable bonds is 3. The first-order valence-corrected chi connectivity index (χ1v) is 8.79. The lowest BCUT2D eigenvalue weighted by Gasteiger charge is -2.21. The van der Waals surface area contributed by atoms with Crippen molar-refractivity contribution >= 4 is 11.8 Å². The maximum absolute atomic E-state index is 13.1. The van der Waals surface area contributed by atoms with Crippen LogP contribution in [0.5, 0.6) is 0 Å². The van der Waals surface area contributed by atoms with Gasteiger partial charge in [0.2, 0.25) is 0 Å². The number of hydrogen-bond acceptors (Lipinski definition) is 4. The molecule has 6 nitrogen and oxygen atoms in total. The van der Waals surface area contributed by atoms with E-state index in [4.69, 9.17) is 0 Å². The number of carbonyl (C=O) groups excluding carboxylic acids is 2. The van der Waals surface area contributed by atoms with Crippen molar-refractivity contribution in [3.05, 3.63) is 59.2 Å². The number of carbonyl (C=O) groups is 2. The molecule has 2 fully saturated rings. The third-order valence-corrected chi connectivity index (χ3v) is 5.40. The van der Waals surface area contributed by atoms with Crippen LogP contribution in [0.2, 0.25) is 0 Å². The lowest BCUT2D eigenvalue weighted by Crippen LogP contribution is -2.38. The number of aryl methyl sites for hydroxylation is 1. The molecule has 146 valence electrons. The van der Waals surface area contributed by atoms with Crippen LogP contribution in [-0.2, 0) is 6.18 Å². The van der Waals surface area contributed by atoms with Crippen LogP contribution >= 0.6 is 0 Å². The molecular weight excluding hydrogens is 373 g/mol. The Morgan fingerprint density at radius 3 is 2.36 bits per heavy atom. The molecule has 1 saturated heterocycles. The van der Waals surface area contributed by atoms with Crippen LogP contribution < -0.4 is 5.32 Å². The standard InChI is InChI=1S/C19H17F3N4O2/c1-10-6-23-4-2-11(10)18(28)26-8-13-14(9-26)16(13)25-17(27)12-7-24-5-3-15(12)19(20,21)22/h2-7,13-14,16H,8-9H2,1H3,(H,25,27)/t13-,14+,16?. The highest BCUT2D eigenvalue weighted by Gasteiger charge is 2.57. The van der Waals surface area contributed by atoms with Gasteiger partial charge >= 0.3 is 6.18 Å². The summed E-state index contributed by atoms with van der Waals surface area (Å²) in [6.45, 7) is 2.75. The van der Waals surface area contributed by atoms with Crippen molar-refractivity contribution in [3.8, 4) is 0 Å². The Morgan fingerprint density at radius 2 is 1.71 bits per heavy atom. The van der Waals surface area contributed by atoms with Gasteiger partial charge in [-0.1, -0.05) is 0 Å². The molecule has 0 radical (unpaired) electrons. The Hall–Kier alpha value is -2.97. The molecule has 2 aromatic heterocycles. The summed E-state index contributed by atoms with van der Waals surface area (Å²) in [7, 11) is 0. The summed E-state index contributed by atoms with van der Waals surface area (Å²) in [5.74, 6) is -0.770. The summed E-state index contributed by atoms with van der Waals surface area (Å²) in [6.07, 6.45) is 0.500. The van der Waals surface area contributed by atoms with Crippen molar-refractivity contribution in [2.24, 2.45) is 11.8 Å². The molecule has 2 amide bonds. The number of fused-ring (bicyclic) bond motifs is 1. The zero-order valence-corrected chi connectivity index (χ0v) is 14.9. The van der Waals surface area contributed by atoms with Gasteiger partial charge in [0, 0.05) is 61.3 Å². The Kier molecular flexibility index (Phi) is 4.32. The van der Waals surface area contributed by atoms with Gasteiger partial charge in [-0.2, -0.15) is 13.2 Å². The molecule has 0 spiro atoms. The number of piperidine rings is 1. The maximum atomic E-state index is 13.1. The Bertz CT molecular complexity index is 935. The topological polar surface area (TPSA) is 75.2 Å². The van der Waals surface area contributed by atoms with E-state index in [0.717, 1.165) is 24.0 Å². The van der Waals surface area contributed by atoms with Gasteiger partial charge in [0.1, 0.15) is 0 Å². The quantitative estimate of drug-likeness (QED) is 0.873. The van der Waals surface area contributed by atoms with Crippen LogP contribution in [0.4, 0.5) is 13.2 Å². The zero-order chi connectivity index (χ0) is 20.1. The van der Waals surface area contributed by atoms with Crippen LogP contribution in [-0.4, -0.2) is 45.8 Å². The highest BCUT2D eigenvalue weighted by atomic mass is 19.4. The van der Waals surface area contributed by atoms with Crippen LogP contribution in [0.3, 0.4) is 0 Å². The second-order valence-electron chi connectivity index (χ2n) is 7.15. The third kappa shape index (κ3) is 3.21. The predicted octanol–water partition coefficient (Wildman–Crippen LogP) is 2.30. The molecule has 3 atom stereocenters. The molecule has 0 aromatic carbocycles. The van der Waals surface area contributed by atoms with Crippen molar-refractivity contribution < 1.29 is 22.8 Å². The highest BCUT2D eigenvalue weighted by Crippen LogP contribution is 2.46. The zero-order valence-electron chi connectivity index (χ0n) is 14.9. The summed E-state index contributed by atoms with van der Waals surface area (Å²) in [5, 5.41) is 2.67. The number of halogens is 3. The second-order valence-corrected chi connectivity index (χ2v) is 7.15. The van der Waals surface area contributed by atoms with Crippen molar-refractivity contribution in [2.45, 2.75) is 19.1 Å². The van der Waals surface area contributed by atoms with Gasteiger partial charge in [0.05, 0.1) is 11.1 Å². The maximum Gasteiger partial charge on any atom is 0.417 e. The number of nitrogens with one attached hydrogen (secondary N) is 1. The van der Waals surface area contributed by atoms with Crippen molar-refractivity contribution in [1.82, 2.24) is 20.2 Å². The van der Waals surface area contributed by atoms with E-state index in [9.17, 15) is 22.8 Å². The van der Waals surface area contributed by atoms with Gasteiger partial charge in [-0.15, -0.1) is 0 Å². The van der Waals surface area contributed by atoms with Crippen LogP contribution in [0.15, 0.2) is 36.9 Å². The lowest BCUT2D eigenvalue weighted by molar-refractivity contribution is -0.138. The predicted molar refractivity (Wildman–Crippen MR) is 92.4 cm³/mol. The fraction of sp³-hybridized carbons (Fsp3) is 0.368. The third-order valence-electron chi connectivity index (χ3n) is 5.40. The fourth-order valence-corrected chi connectivity index (χ4v) is 3.84. The number of likely N-dealkylation sites (tertiary alicyclic amines) is 1. The lowest BCUT2D eigenvalue weighted by atomic mass is 10.1. The molecule has 28 heavy (non-hydrogen) atoms. The van der Waals surface area contributed by atoms with E-state index in [-0.39, 0.29) is 23.8 Å². The van der Waals surface area contributed by atoms with Gasteiger partial charge in [-0.3, -0.25) is 19.6 Å². The molecule has 2 aliphatic rings. The first kappa shape index (κ1) is 18.4. The summed E-state index contributed by atoms with van der Waals surface area (Å²) >= 11 is 0. The van der Waals surface area contributed by atoms with Gasteiger partial charge in [-0.25, -0.2) is 0 Å². The Labute approximate surface area is 158 Å². The van der Waals surface area contributed by atoms with Crippen LogP contribution in [0.1, 0.15) is 31.8 Å². The molecule has 3 heterocycles. The van der Waals surface area contributed by atoms with E-state index in [2.05, 4.69) is 15.3 Å². The first-order valence-electron chi connectivity index (χ1n) is 8.79. The van der Waals surface area contributed by atoms with Gasteiger partial charge in [-0.05, 0) is 24.6 Å². The average Bonchev–Trinajstić information content (AvgIpc) is 3.10. The summed E-state index contributed by atoms with van der Waals surface area (Å²) in [5.41, 5.74) is -0.118. The summed E-state index contributed by atoms with van der Waals surface area (Å²) < 4.78 is 39.2. The number of amides is 2. The van der Waals surface area contributed by atoms with Crippen molar-refractivity contribution in [1.29, 1.82) is 0 Å². The molecule has 1 aliphatic carbocycles. The first-order chi connectivity index (χ1) is 13.3. The normalized spacial score (nSPS) is 23.3. The highest BCUT2D eigenvalue weighted by molar-refractivity contribution is 5.97. The van der Waals surface area contributed by atoms with E-state index in [1.54, 1.807) is 23.4 Å². The van der Waals surface area contributed by atoms with E-state index in [1.165, 1.54) is 0 Å². The van der Waals surface area contributed by atoms with E-state index < -0.39 is 23.2 Å². The van der Waals surface area contributed by atoms with Crippen molar-refractivity contribution in [2.75, 3.05) is 13.1 Å². The van der Waals surface area contributed by atoms with Crippen LogP contribution in [0.25, 0.3) is 0 Å². The van der Waals surface area contributed by atoms with E-state index >= 15 is 0 Å². The molecule has 1 aliphatic heterocycles. The fourth-order valence-electron chi connectivity index (χ4n) is 3.84. The van der Waals surface area contributed by atoms with Gasteiger partial charge in [0.15, 0.2) is 0 Å². The van der Waals surface area contributed by atoms with Gasteiger partial charge < -0.3 is 10.2 Å². The number of aromatic nitrogens is 2. The molecule has 4 rings (SSSR count). The number of nitrogens with zero attached hydrogens (tertiary/aromatic N) is 3. The molecule has 0 bridgehead atoms. The Morgan fingerprint density at radius 1 is 1.07 bits per heavy atom. The molecule has 1 N–H and O–H groups in total. The van der Waals surface area contributed by atoms with E-state index in [1.807, 2.05) is 6.92 Å². The summed E-state index contributed by atoms with van der Waals surface area (Å²) in [4.78, 5) is 34.3. The average molecular weight is 390 g/mol. The second kappa shape index (κ2) is 6.57. The Balaban J connectivity index is 1.39. The molecule has 1 saturated carbocycles. The van der Waals surface area contributed by atoms with Crippen molar-refractivity contribution in [3.63, 3.8) is 0 Å². The minimum absolute atomic E-state index is 0.0565. The number of alkyl halides is 3.